The molecule has 0 saturated carbocycles. The first-order valence-electron chi connectivity index (χ1n) is 6.56. The minimum absolute atomic E-state index is 0.00116. The number of hydrogen-bond acceptors (Lipinski definition) is 2. The zero-order valence-corrected chi connectivity index (χ0v) is 12.6. The number of rotatable bonds is 2. The van der Waals surface area contributed by atoms with Crippen LogP contribution in [0.15, 0.2) is 48.5 Å². The molecule has 0 aliphatic heterocycles. The largest absolute Gasteiger partial charge is 0.344 e. The Balaban J connectivity index is 2.16. The Kier molecular flexibility index (Phi) is 3.47. The summed E-state index contributed by atoms with van der Waals surface area (Å²) in [7, 11) is 3.49. The van der Waals surface area contributed by atoms with Gasteiger partial charge in [-0.25, -0.2) is 4.39 Å². The Hall–Kier alpha value is -2.20. The molecule has 0 aliphatic carbocycles. The van der Waals surface area contributed by atoms with Gasteiger partial charge in [0.1, 0.15) is 5.82 Å². The Bertz CT molecular complexity index is 805. The number of fused-ring (bicyclic) bond motifs is 1. The second-order valence-corrected chi connectivity index (χ2v) is 6.12. The smallest absolute Gasteiger partial charge is 0.263 e. The van der Waals surface area contributed by atoms with E-state index < -0.39 is 0 Å². The number of thiophene rings is 1. The molecule has 0 saturated heterocycles. The van der Waals surface area contributed by atoms with Crippen LogP contribution in [0, 0.1) is 5.82 Å². The van der Waals surface area contributed by atoms with Gasteiger partial charge in [0.05, 0.1) is 4.88 Å². The van der Waals surface area contributed by atoms with Crippen LogP contribution in [0.2, 0.25) is 0 Å². The number of halogens is 1. The van der Waals surface area contributed by atoms with Crippen molar-refractivity contribution in [2.24, 2.45) is 0 Å². The summed E-state index contributed by atoms with van der Waals surface area (Å²) < 4.78 is 14.1. The van der Waals surface area contributed by atoms with E-state index in [1.807, 2.05) is 24.3 Å². The molecule has 4 heteroatoms. The molecule has 0 radical (unpaired) electrons. The number of carbonyl (C=O) groups excluding carboxylic acids is 1. The lowest BCUT2D eigenvalue weighted by Gasteiger charge is -2.07. The molecule has 106 valence electrons. The van der Waals surface area contributed by atoms with Crippen molar-refractivity contribution in [3.05, 3.63) is 59.2 Å². The van der Waals surface area contributed by atoms with Crippen LogP contribution in [-0.4, -0.2) is 24.9 Å². The summed E-state index contributed by atoms with van der Waals surface area (Å²) in [6.07, 6.45) is 0. The van der Waals surface area contributed by atoms with Gasteiger partial charge in [0, 0.05) is 24.2 Å². The second-order valence-electron chi connectivity index (χ2n) is 5.03. The zero-order valence-electron chi connectivity index (χ0n) is 11.8. The van der Waals surface area contributed by atoms with Gasteiger partial charge in [-0.15, -0.1) is 11.3 Å². The number of benzene rings is 2. The van der Waals surface area contributed by atoms with E-state index in [1.54, 1.807) is 31.1 Å². The molecule has 2 nitrogen and oxygen atoms in total. The summed E-state index contributed by atoms with van der Waals surface area (Å²) >= 11 is 1.48. The standard InChI is InChI=1S/C17H14FNOS/c1-19(2)17(20)16-10-14-13(4-3-5-15(14)21-16)11-6-8-12(18)9-7-11/h3-10H,1-2H3. The Morgan fingerprint density at radius 1 is 1.10 bits per heavy atom. The molecule has 3 rings (SSSR count). The normalized spacial score (nSPS) is 10.8. The van der Waals surface area contributed by atoms with Crippen molar-refractivity contribution in [3.8, 4) is 11.1 Å². The van der Waals surface area contributed by atoms with Crippen LogP contribution in [0.5, 0.6) is 0 Å². The monoisotopic (exact) mass is 299 g/mol. The molecule has 21 heavy (non-hydrogen) atoms. The lowest BCUT2D eigenvalue weighted by molar-refractivity contribution is 0.0832. The third kappa shape index (κ3) is 2.54. The quantitative estimate of drug-likeness (QED) is 0.686. The van der Waals surface area contributed by atoms with Gasteiger partial charge in [-0.3, -0.25) is 4.79 Å². The predicted octanol–water partition coefficient (Wildman–Crippen LogP) is 4.41. The Labute approximate surface area is 126 Å². The zero-order chi connectivity index (χ0) is 15.0. The summed E-state index contributed by atoms with van der Waals surface area (Å²) in [4.78, 5) is 14.4. The first-order chi connectivity index (χ1) is 10.1. The number of hydrogen-bond donors (Lipinski definition) is 0. The van der Waals surface area contributed by atoms with Crippen LogP contribution in [0.25, 0.3) is 21.2 Å². The molecule has 0 spiro atoms. The van der Waals surface area contributed by atoms with Gasteiger partial charge in [-0.05, 0) is 35.4 Å². The maximum Gasteiger partial charge on any atom is 0.263 e. The average molecular weight is 299 g/mol. The van der Waals surface area contributed by atoms with Crippen molar-refractivity contribution in [2.75, 3.05) is 14.1 Å². The molecule has 1 amide bonds. The van der Waals surface area contributed by atoms with Crippen LogP contribution in [0.1, 0.15) is 9.67 Å². The molecule has 1 heterocycles. The summed E-state index contributed by atoms with van der Waals surface area (Å²) in [5.41, 5.74) is 1.96. The predicted molar refractivity (Wildman–Crippen MR) is 85.2 cm³/mol. The van der Waals surface area contributed by atoms with E-state index in [9.17, 15) is 9.18 Å². The first-order valence-corrected chi connectivity index (χ1v) is 7.38. The summed E-state index contributed by atoms with van der Waals surface area (Å²) in [6.45, 7) is 0. The van der Waals surface area contributed by atoms with Crippen LogP contribution in [0.3, 0.4) is 0 Å². The highest BCUT2D eigenvalue weighted by molar-refractivity contribution is 7.20. The van der Waals surface area contributed by atoms with E-state index in [1.165, 1.54) is 23.5 Å². The van der Waals surface area contributed by atoms with Gasteiger partial charge in [-0.2, -0.15) is 0 Å². The molecule has 0 aliphatic rings. The van der Waals surface area contributed by atoms with E-state index in [4.69, 9.17) is 0 Å². The highest BCUT2D eigenvalue weighted by atomic mass is 32.1. The summed E-state index contributed by atoms with van der Waals surface area (Å²) in [5, 5.41) is 1.03. The second kappa shape index (κ2) is 5.30. The lowest BCUT2D eigenvalue weighted by atomic mass is 10.0. The van der Waals surface area contributed by atoms with Gasteiger partial charge in [0.25, 0.3) is 5.91 Å². The molecule has 0 bridgehead atoms. The molecular formula is C17H14FNOS. The maximum atomic E-state index is 13.1. The fourth-order valence-corrected chi connectivity index (χ4v) is 3.38. The SMILES string of the molecule is CN(C)C(=O)c1cc2c(-c3ccc(F)cc3)cccc2s1. The summed E-state index contributed by atoms with van der Waals surface area (Å²) in [6, 6.07) is 14.3. The van der Waals surface area contributed by atoms with Crippen molar-refractivity contribution in [1.29, 1.82) is 0 Å². The third-order valence-electron chi connectivity index (χ3n) is 3.33. The summed E-state index contributed by atoms with van der Waals surface area (Å²) in [5.74, 6) is -0.249. The topological polar surface area (TPSA) is 20.3 Å². The van der Waals surface area contributed by atoms with Crippen LogP contribution >= 0.6 is 11.3 Å². The van der Waals surface area contributed by atoms with Crippen LogP contribution < -0.4 is 0 Å². The van der Waals surface area contributed by atoms with Gasteiger partial charge >= 0.3 is 0 Å². The first kappa shape index (κ1) is 13.8. The molecule has 0 N–H and O–H groups in total. The van der Waals surface area contributed by atoms with Crippen molar-refractivity contribution in [2.45, 2.75) is 0 Å². The van der Waals surface area contributed by atoms with Gasteiger partial charge < -0.3 is 4.90 Å². The average Bonchev–Trinajstić information content (AvgIpc) is 2.91. The molecule has 2 aromatic carbocycles. The van der Waals surface area contributed by atoms with E-state index in [-0.39, 0.29) is 11.7 Å². The number of amides is 1. The lowest BCUT2D eigenvalue weighted by Crippen LogP contribution is -2.20. The van der Waals surface area contributed by atoms with Crippen molar-refractivity contribution in [3.63, 3.8) is 0 Å². The van der Waals surface area contributed by atoms with E-state index in [2.05, 4.69) is 0 Å². The highest BCUT2D eigenvalue weighted by Gasteiger charge is 2.14. The number of carbonyl (C=O) groups is 1. The molecule has 0 fully saturated rings. The maximum absolute atomic E-state index is 13.1. The van der Waals surface area contributed by atoms with Gasteiger partial charge in [0.2, 0.25) is 0 Å². The number of nitrogens with zero attached hydrogens (tertiary/aromatic N) is 1. The molecule has 3 aromatic rings. The highest BCUT2D eigenvalue weighted by Crippen LogP contribution is 2.34. The van der Waals surface area contributed by atoms with Crippen molar-refractivity contribution < 1.29 is 9.18 Å². The Morgan fingerprint density at radius 2 is 1.81 bits per heavy atom. The third-order valence-corrected chi connectivity index (χ3v) is 4.42. The van der Waals surface area contributed by atoms with Crippen LogP contribution in [-0.2, 0) is 0 Å². The molecular weight excluding hydrogens is 285 g/mol. The van der Waals surface area contributed by atoms with Crippen LogP contribution in [0.4, 0.5) is 4.39 Å². The molecule has 0 atom stereocenters. The van der Waals surface area contributed by atoms with Gasteiger partial charge in [0.15, 0.2) is 0 Å². The fourth-order valence-electron chi connectivity index (χ4n) is 2.27. The minimum Gasteiger partial charge on any atom is -0.344 e. The minimum atomic E-state index is -0.250. The molecule has 0 unspecified atom stereocenters. The van der Waals surface area contributed by atoms with E-state index >= 15 is 0 Å². The van der Waals surface area contributed by atoms with E-state index in [0.717, 1.165) is 21.2 Å². The Morgan fingerprint density at radius 3 is 2.48 bits per heavy atom. The fraction of sp³-hybridized carbons (Fsp3) is 0.118. The van der Waals surface area contributed by atoms with Crippen molar-refractivity contribution in [1.82, 2.24) is 4.90 Å². The van der Waals surface area contributed by atoms with Gasteiger partial charge in [-0.1, -0.05) is 24.3 Å². The van der Waals surface area contributed by atoms with Crippen molar-refractivity contribution >= 4 is 27.3 Å². The molecule has 1 aromatic heterocycles. The van der Waals surface area contributed by atoms with E-state index in [0.29, 0.717) is 4.88 Å².